The molecule has 2 rings (SSSR count). The lowest BCUT2D eigenvalue weighted by molar-refractivity contribution is -0.0575. The highest BCUT2D eigenvalue weighted by Gasteiger charge is 2.23. The largest absolute Gasteiger partial charge is 0.386 e. The molecule has 3 atom stereocenters. The van der Waals surface area contributed by atoms with Crippen molar-refractivity contribution in [2.24, 2.45) is 0 Å². The Morgan fingerprint density at radius 1 is 1.32 bits per heavy atom. The van der Waals surface area contributed by atoms with Gasteiger partial charge in [-0.25, -0.2) is 4.39 Å². The Hall–Kier alpha value is -0.970. The van der Waals surface area contributed by atoms with Crippen LogP contribution in [-0.4, -0.2) is 31.0 Å². The Morgan fingerprint density at radius 3 is 2.79 bits per heavy atom. The van der Waals surface area contributed by atoms with Crippen molar-refractivity contribution in [3.05, 3.63) is 35.6 Å². The molecular formula is C15H21FO3. The molecule has 0 radical (unpaired) electrons. The maximum absolute atomic E-state index is 13.5. The van der Waals surface area contributed by atoms with Gasteiger partial charge >= 0.3 is 0 Å². The van der Waals surface area contributed by atoms with E-state index in [2.05, 4.69) is 0 Å². The van der Waals surface area contributed by atoms with E-state index in [-0.39, 0.29) is 18.8 Å². The standard InChI is InChI=1S/C15H21FO3/c1-18-11-5-4-6-12(9-11)19-10-15(17)13-7-2-3-8-14(13)16/h2-3,7-8,11-12,15,17H,4-6,9-10H2,1H3. The van der Waals surface area contributed by atoms with Crippen LogP contribution in [0.4, 0.5) is 4.39 Å². The zero-order valence-electron chi connectivity index (χ0n) is 11.2. The number of rotatable bonds is 5. The minimum Gasteiger partial charge on any atom is -0.386 e. The number of hydrogen-bond acceptors (Lipinski definition) is 3. The number of benzene rings is 1. The Kier molecular flexibility index (Phi) is 5.31. The average Bonchev–Trinajstić information content (AvgIpc) is 2.45. The van der Waals surface area contributed by atoms with Crippen molar-refractivity contribution in [3.63, 3.8) is 0 Å². The van der Waals surface area contributed by atoms with E-state index in [0.29, 0.717) is 5.56 Å². The van der Waals surface area contributed by atoms with Crippen molar-refractivity contribution >= 4 is 0 Å². The van der Waals surface area contributed by atoms with Gasteiger partial charge in [-0.3, -0.25) is 0 Å². The van der Waals surface area contributed by atoms with Crippen molar-refractivity contribution < 1.29 is 19.0 Å². The summed E-state index contributed by atoms with van der Waals surface area (Å²) in [7, 11) is 1.71. The summed E-state index contributed by atoms with van der Waals surface area (Å²) < 4.78 is 24.5. The molecule has 0 aromatic heterocycles. The van der Waals surface area contributed by atoms with E-state index >= 15 is 0 Å². The van der Waals surface area contributed by atoms with Gasteiger partial charge in [0, 0.05) is 12.7 Å². The van der Waals surface area contributed by atoms with E-state index in [0.717, 1.165) is 25.7 Å². The summed E-state index contributed by atoms with van der Waals surface area (Å²) in [6, 6.07) is 6.25. The predicted octanol–water partition coefficient (Wildman–Crippen LogP) is 2.83. The quantitative estimate of drug-likeness (QED) is 0.892. The lowest BCUT2D eigenvalue weighted by Gasteiger charge is -2.29. The second-order valence-electron chi connectivity index (χ2n) is 5.02. The molecule has 4 heteroatoms. The van der Waals surface area contributed by atoms with E-state index < -0.39 is 11.9 Å². The van der Waals surface area contributed by atoms with E-state index in [4.69, 9.17) is 9.47 Å². The van der Waals surface area contributed by atoms with Gasteiger partial charge in [0.25, 0.3) is 0 Å². The van der Waals surface area contributed by atoms with Gasteiger partial charge in [0.1, 0.15) is 11.9 Å². The van der Waals surface area contributed by atoms with Gasteiger partial charge in [-0.2, -0.15) is 0 Å². The fourth-order valence-corrected chi connectivity index (χ4v) is 2.53. The molecule has 1 N–H and O–H groups in total. The van der Waals surface area contributed by atoms with Crippen molar-refractivity contribution in [1.29, 1.82) is 0 Å². The number of aliphatic hydroxyl groups excluding tert-OH is 1. The summed E-state index contributed by atoms with van der Waals surface area (Å²) in [5.41, 5.74) is 0.293. The summed E-state index contributed by atoms with van der Waals surface area (Å²) >= 11 is 0. The Bertz CT molecular complexity index is 397. The topological polar surface area (TPSA) is 38.7 Å². The van der Waals surface area contributed by atoms with Crippen LogP contribution in [0, 0.1) is 5.82 Å². The first kappa shape index (κ1) is 14.4. The Balaban J connectivity index is 1.83. The lowest BCUT2D eigenvalue weighted by atomic mass is 9.95. The predicted molar refractivity (Wildman–Crippen MR) is 70.4 cm³/mol. The van der Waals surface area contributed by atoms with Gasteiger partial charge in [0.15, 0.2) is 0 Å². The maximum Gasteiger partial charge on any atom is 0.129 e. The SMILES string of the molecule is COC1CCCC(OCC(O)c2ccccc2F)C1. The first-order valence-electron chi connectivity index (χ1n) is 6.77. The summed E-state index contributed by atoms with van der Waals surface area (Å²) in [6.45, 7) is 0.127. The van der Waals surface area contributed by atoms with Gasteiger partial charge in [0.2, 0.25) is 0 Å². The summed E-state index contributed by atoms with van der Waals surface area (Å²) in [6.07, 6.45) is 3.38. The maximum atomic E-state index is 13.5. The molecule has 0 heterocycles. The average molecular weight is 268 g/mol. The third-order valence-corrected chi connectivity index (χ3v) is 3.67. The third-order valence-electron chi connectivity index (χ3n) is 3.67. The molecule has 3 unspecified atom stereocenters. The summed E-state index contributed by atoms with van der Waals surface area (Å²) in [4.78, 5) is 0. The van der Waals surface area contributed by atoms with Gasteiger partial charge in [-0.05, 0) is 31.7 Å². The second-order valence-corrected chi connectivity index (χ2v) is 5.02. The first-order chi connectivity index (χ1) is 9.20. The number of aliphatic hydroxyl groups is 1. The molecular weight excluding hydrogens is 247 g/mol. The normalized spacial score (nSPS) is 25.2. The molecule has 3 nitrogen and oxygen atoms in total. The number of hydrogen-bond donors (Lipinski definition) is 1. The van der Waals surface area contributed by atoms with Crippen LogP contribution in [0.5, 0.6) is 0 Å². The summed E-state index contributed by atoms with van der Waals surface area (Å²) in [5.74, 6) is -0.392. The molecule has 1 saturated carbocycles. The molecule has 1 aliphatic rings. The number of halogens is 1. The minimum atomic E-state index is -0.913. The molecule has 0 bridgehead atoms. The number of methoxy groups -OCH3 is 1. The highest BCUT2D eigenvalue weighted by atomic mass is 19.1. The third kappa shape index (κ3) is 4.00. The van der Waals surface area contributed by atoms with Crippen molar-refractivity contribution in [1.82, 2.24) is 0 Å². The minimum absolute atomic E-state index is 0.0973. The van der Waals surface area contributed by atoms with Gasteiger partial charge in [-0.1, -0.05) is 18.2 Å². The second kappa shape index (κ2) is 6.98. The molecule has 0 aliphatic heterocycles. The fraction of sp³-hybridized carbons (Fsp3) is 0.600. The van der Waals surface area contributed by atoms with Crippen LogP contribution in [0.1, 0.15) is 37.4 Å². The number of ether oxygens (including phenoxy) is 2. The zero-order chi connectivity index (χ0) is 13.7. The molecule has 1 fully saturated rings. The van der Waals surface area contributed by atoms with Crippen LogP contribution in [0.3, 0.4) is 0 Å². The van der Waals surface area contributed by atoms with Crippen molar-refractivity contribution in [2.75, 3.05) is 13.7 Å². The van der Waals surface area contributed by atoms with Crippen molar-refractivity contribution in [2.45, 2.75) is 44.0 Å². The molecule has 1 aromatic carbocycles. The molecule has 1 aliphatic carbocycles. The van der Waals surface area contributed by atoms with Crippen LogP contribution in [0.2, 0.25) is 0 Å². The van der Waals surface area contributed by atoms with Crippen LogP contribution >= 0.6 is 0 Å². The van der Waals surface area contributed by atoms with E-state index in [1.807, 2.05) is 0 Å². The van der Waals surface area contributed by atoms with E-state index in [1.165, 1.54) is 6.07 Å². The molecule has 0 saturated heterocycles. The smallest absolute Gasteiger partial charge is 0.129 e. The first-order valence-corrected chi connectivity index (χ1v) is 6.77. The van der Waals surface area contributed by atoms with Gasteiger partial charge in [0.05, 0.1) is 18.8 Å². The Morgan fingerprint density at radius 2 is 2.05 bits per heavy atom. The fourth-order valence-electron chi connectivity index (χ4n) is 2.53. The molecule has 19 heavy (non-hydrogen) atoms. The van der Waals surface area contributed by atoms with Crippen LogP contribution in [0.25, 0.3) is 0 Å². The van der Waals surface area contributed by atoms with Crippen LogP contribution < -0.4 is 0 Å². The highest BCUT2D eigenvalue weighted by Crippen LogP contribution is 2.25. The molecule has 106 valence electrons. The molecule has 1 aromatic rings. The monoisotopic (exact) mass is 268 g/mol. The van der Waals surface area contributed by atoms with Gasteiger partial charge in [-0.15, -0.1) is 0 Å². The molecule has 0 amide bonds. The lowest BCUT2D eigenvalue weighted by Crippen LogP contribution is -2.28. The zero-order valence-corrected chi connectivity index (χ0v) is 11.2. The highest BCUT2D eigenvalue weighted by molar-refractivity contribution is 5.19. The van der Waals surface area contributed by atoms with Crippen LogP contribution in [-0.2, 0) is 9.47 Å². The van der Waals surface area contributed by atoms with Crippen LogP contribution in [0.15, 0.2) is 24.3 Å². The van der Waals surface area contributed by atoms with Crippen molar-refractivity contribution in [3.8, 4) is 0 Å². The van der Waals surface area contributed by atoms with Gasteiger partial charge < -0.3 is 14.6 Å². The summed E-state index contributed by atoms with van der Waals surface area (Å²) in [5, 5.41) is 9.96. The van der Waals surface area contributed by atoms with E-state index in [9.17, 15) is 9.50 Å². The Labute approximate surface area is 113 Å². The molecule has 0 spiro atoms. The van der Waals surface area contributed by atoms with E-state index in [1.54, 1.807) is 25.3 Å².